The molecule has 3 heteroatoms. The van der Waals surface area contributed by atoms with Gasteiger partial charge in [0.15, 0.2) is 12.4 Å². The van der Waals surface area contributed by atoms with Gasteiger partial charge in [0.05, 0.1) is 5.56 Å². The summed E-state index contributed by atoms with van der Waals surface area (Å²) in [6.07, 6.45) is 0.891. The second-order valence-corrected chi connectivity index (χ2v) is 6.52. The van der Waals surface area contributed by atoms with Crippen molar-refractivity contribution in [2.45, 2.75) is 13.3 Å². The van der Waals surface area contributed by atoms with Crippen LogP contribution in [0.5, 0.6) is 0 Å². The van der Waals surface area contributed by atoms with Gasteiger partial charge in [-0.1, -0.05) is 54.6 Å². The fraction of sp³-hybridized carbons (Fsp3) is 0.130. The van der Waals surface area contributed by atoms with Gasteiger partial charge in [-0.15, -0.1) is 0 Å². The average Bonchev–Trinajstić information content (AvgIpc) is 3.04. The molecule has 3 aromatic rings. The number of carbonyl (C=O) groups excluding carboxylic acids is 2. The van der Waals surface area contributed by atoms with Crippen LogP contribution in [0.4, 0.5) is 0 Å². The number of ketones is 1. The van der Waals surface area contributed by atoms with Crippen LogP contribution in [0, 0.1) is 6.92 Å². The number of fused-ring (bicyclic) bond motifs is 3. The molecule has 0 aliphatic heterocycles. The van der Waals surface area contributed by atoms with Crippen LogP contribution in [-0.4, -0.2) is 18.4 Å². The highest BCUT2D eigenvalue weighted by atomic mass is 16.5. The average molecular weight is 342 g/mol. The lowest BCUT2D eigenvalue weighted by Crippen LogP contribution is -2.15. The standard InChI is InChI=1S/C23H18O3/c1-15-6-2-4-8-19(15)23(25)26-14-22(24)18-11-10-17-12-16-7-3-5-9-20(16)21(17)13-18/h2-11,13H,12,14H2,1H3. The summed E-state index contributed by atoms with van der Waals surface area (Å²) in [6.45, 7) is 1.59. The minimum Gasteiger partial charge on any atom is -0.454 e. The molecule has 3 nitrogen and oxygen atoms in total. The Morgan fingerprint density at radius 3 is 2.46 bits per heavy atom. The van der Waals surface area contributed by atoms with Crippen LogP contribution in [-0.2, 0) is 11.2 Å². The second-order valence-electron chi connectivity index (χ2n) is 6.52. The summed E-state index contributed by atoms with van der Waals surface area (Å²) in [5.74, 6) is -0.665. The van der Waals surface area contributed by atoms with Gasteiger partial charge in [0.1, 0.15) is 0 Å². The Morgan fingerprint density at radius 1 is 0.885 bits per heavy atom. The van der Waals surface area contributed by atoms with Crippen LogP contribution >= 0.6 is 0 Å². The number of hydrogen-bond donors (Lipinski definition) is 0. The van der Waals surface area contributed by atoms with Gasteiger partial charge in [-0.05, 0) is 53.3 Å². The zero-order valence-electron chi connectivity index (χ0n) is 14.5. The molecule has 0 aromatic heterocycles. The zero-order valence-corrected chi connectivity index (χ0v) is 14.5. The number of carbonyl (C=O) groups is 2. The molecule has 128 valence electrons. The predicted molar refractivity (Wildman–Crippen MR) is 100 cm³/mol. The molecule has 4 rings (SSSR count). The topological polar surface area (TPSA) is 43.4 Å². The largest absolute Gasteiger partial charge is 0.454 e. The molecule has 0 atom stereocenters. The Kier molecular flexibility index (Phi) is 4.13. The minimum absolute atomic E-state index is 0.195. The molecule has 0 saturated carbocycles. The molecular formula is C23H18O3. The number of hydrogen-bond acceptors (Lipinski definition) is 3. The highest BCUT2D eigenvalue weighted by Gasteiger charge is 2.20. The van der Waals surface area contributed by atoms with Crippen LogP contribution < -0.4 is 0 Å². The molecule has 1 aliphatic carbocycles. The van der Waals surface area contributed by atoms with E-state index in [1.165, 1.54) is 16.7 Å². The number of rotatable bonds is 4. The highest BCUT2D eigenvalue weighted by Crippen LogP contribution is 2.36. The molecule has 0 fully saturated rings. The molecule has 1 aliphatic rings. The van der Waals surface area contributed by atoms with Crippen molar-refractivity contribution < 1.29 is 14.3 Å². The predicted octanol–water partition coefficient (Wildman–Crippen LogP) is 4.61. The van der Waals surface area contributed by atoms with Crippen molar-refractivity contribution in [2.75, 3.05) is 6.61 Å². The lowest BCUT2D eigenvalue weighted by molar-refractivity contribution is 0.0474. The monoisotopic (exact) mass is 342 g/mol. The van der Waals surface area contributed by atoms with E-state index in [1.807, 2.05) is 49.4 Å². The van der Waals surface area contributed by atoms with E-state index in [-0.39, 0.29) is 12.4 Å². The van der Waals surface area contributed by atoms with Crippen molar-refractivity contribution in [3.63, 3.8) is 0 Å². The molecule has 0 saturated heterocycles. The van der Waals surface area contributed by atoms with Crippen molar-refractivity contribution in [1.82, 2.24) is 0 Å². The van der Waals surface area contributed by atoms with E-state index < -0.39 is 5.97 Å². The summed E-state index contributed by atoms with van der Waals surface area (Å²) in [5, 5.41) is 0. The SMILES string of the molecule is Cc1ccccc1C(=O)OCC(=O)c1ccc2c(c1)-c1ccccc1C2. The maximum Gasteiger partial charge on any atom is 0.338 e. The van der Waals surface area contributed by atoms with Gasteiger partial charge >= 0.3 is 5.97 Å². The van der Waals surface area contributed by atoms with Crippen LogP contribution in [0.2, 0.25) is 0 Å². The zero-order chi connectivity index (χ0) is 18.1. The fourth-order valence-corrected chi connectivity index (χ4v) is 3.39. The molecule has 3 aromatic carbocycles. The Labute approximate surface area is 152 Å². The van der Waals surface area contributed by atoms with Crippen molar-refractivity contribution in [2.24, 2.45) is 0 Å². The first-order valence-electron chi connectivity index (χ1n) is 8.60. The van der Waals surface area contributed by atoms with Gasteiger partial charge in [-0.3, -0.25) is 4.79 Å². The Bertz CT molecular complexity index is 1020. The van der Waals surface area contributed by atoms with Gasteiger partial charge in [0, 0.05) is 5.56 Å². The van der Waals surface area contributed by atoms with Crippen molar-refractivity contribution in [1.29, 1.82) is 0 Å². The van der Waals surface area contributed by atoms with Crippen LogP contribution in [0.1, 0.15) is 37.4 Å². The third kappa shape index (κ3) is 2.92. The normalized spacial score (nSPS) is 11.6. The molecule has 0 spiro atoms. The van der Waals surface area contributed by atoms with E-state index >= 15 is 0 Å². The lowest BCUT2D eigenvalue weighted by atomic mass is 10.0. The molecule has 0 amide bonds. The Balaban J connectivity index is 1.50. The summed E-state index contributed by atoms with van der Waals surface area (Å²) >= 11 is 0. The third-order valence-corrected chi connectivity index (χ3v) is 4.82. The minimum atomic E-state index is -0.469. The summed E-state index contributed by atoms with van der Waals surface area (Å²) in [5.41, 5.74) is 6.66. The number of esters is 1. The fourth-order valence-electron chi connectivity index (χ4n) is 3.39. The molecule has 0 radical (unpaired) electrons. The molecule has 26 heavy (non-hydrogen) atoms. The van der Waals surface area contributed by atoms with Crippen molar-refractivity contribution in [3.05, 3.63) is 94.5 Å². The highest BCUT2D eigenvalue weighted by molar-refractivity contribution is 6.01. The molecule has 0 unspecified atom stereocenters. The van der Waals surface area contributed by atoms with Gasteiger partial charge in [-0.2, -0.15) is 0 Å². The second kappa shape index (κ2) is 6.60. The van der Waals surface area contributed by atoms with E-state index in [1.54, 1.807) is 12.1 Å². The first kappa shape index (κ1) is 16.3. The number of aryl methyl sites for hydroxylation is 1. The summed E-state index contributed by atoms with van der Waals surface area (Å²) in [4.78, 5) is 24.7. The van der Waals surface area contributed by atoms with E-state index in [9.17, 15) is 9.59 Å². The van der Waals surface area contributed by atoms with E-state index in [2.05, 4.69) is 12.1 Å². The Hall–Kier alpha value is -3.20. The Morgan fingerprint density at radius 2 is 1.62 bits per heavy atom. The van der Waals surface area contributed by atoms with E-state index in [4.69, 9.17) is 4.74 Å². The smallest absolute Gasteiger partial charge is 0.338 e. The summed E-state index contributed by atoms with van der Waals surface area (Å²) < 4.78 is 5.23. The van der Waals surface area contributed by atoms with Crippen molar-refractivity contribution >= 4 is 11.8 Å². The quantitative estimate of drug-likeness (QED) is 0.402. The molecule has 0 N–H and O–H groups in total. The number of benzene rings is 3. The first-order chi connectivity index (χ1) is 12.6. The lowest BCUT2D eigenvalue weighted by Gasteiger charge is -2.08. The van der Waals surface area contributed by atoms with E-state index in [0.717, 1.165) is 17.5 Å². The summed E-state index contributed by atoms with van der Waals surface area (Å²) in [7, 11) is 0. The van der Waals surface area contributed by atoms with Crippen LogP contribution in [0.15, 0.2) is 66.7 Å². The molecule has 0 heterocycles. The maximum absolute atomic E-state index is 12.5. The van der Waals surface area contributed by atoms with Gasteiger partial charge < -0.3 is 4.74 Å². The summed E-state index contributed by atoms with van der Waals surface area (Å²) in [6, 6.07) is 21.1. The van der Waals surface area contributed by atoms with Crippen LogP contribution in [0.3, 0.4) is 0 Å². The molecular weight excluding hydrogens is 324 g/mol. The van der Waals surface area contributed by atoms with E-state index in [0.29, 0.717) is 11.1 Å². The third-order valence-electron chi connectivity index (χ3n) is 4.82. The van der Waals surface area contributed by atoms with Gasteiger partial charge in [0.2, 0.25) is 0 Å². The maximum atomic E-state index is 12.5. The van der Waals surface area contributed by atoms with Gasteiger partial charge in [0.25, 0.3) is 0 Å². The first-order valence-corrected chi connectivity index (χ1v) is 8.60. The van der Waals surface area contributed by atoms with Gasteiger partial charge in [-0.25, -0.2) is 4.79 Å². The number of Topliss-reactive ketones (excluding diaryl/α,β-unsaturated/α-hetero) is 1. The number of ether oxygens (including phenoxy) is 1. The molecule has 0 bridgehead atoms. The van der Waals surface area contributed by atoms with Crippen LogP contribution in [0.25, 0.3) is 11.1 Å². The van der Waals surface area contributed by atoms with Crippen molar-refractivity contribution in [3.8, 4) is 11.1 Å².